The van der Waals surface area contributed by atoms with E-state index >= 15 is 0 Å². The minimum atomic E-state index is -0.931. The molecule has 3 fully saturated rings. The summed E-state index contributed by atoms with van der Waals surface area (Å²) < 4.78 is 5.63. The van der Waals surface area contributed by atoms with E-state index < -0.39 is 23.9 Å². The van der Waals surface area contributed by atoms with Gasteiger partial charge < -0.3 is 25.2 Å². The molecule has 0 aromatic carbocycles. The van der Waals surface area contributed by atoms with Crippen LogP contribution in [0.15, 0.2) is 35.5 Å². The fourth-order valence-corrected chi connectivity index (χ4v) is 7.21. The third kappa shape index (κ3) is 6.87. The second kappa shape index (κ2) is 12.0. The molecular weight excluding hydrogens is 440 g/mol. The first-order chi connectivity index (χ1) is 16.5. The van der Waals surface area contributed by atoms with Crippen molar-refractivity contribution in [3.63, 3.8) is 0 Å². The fraction of sp³-hybridized carbons (Fsp3) is 0.800. The molecule has 0 saturated heterocycles. The Hall–Kier alpha value is -0.980. The van der Waals surface area contributed by atoms with Crippen LogP contribution in [0.1, 0.15) is 91.9 Å². The highest BCUT2D eigenvalue weighted by atomic mass is 16.5. The van der Waals surface area contributed by atoms with Gasteiger partial charge in [-0.15, -0.1) is 0 Å². The third-order valence-corrected chi connectivity index (χ3v) is 9.17. The molecule has 5 nitrogen and oxygen atoms in total. The predicted octanol–water partition coefficient (Wildman–Crippen LogP) is 5.08. The molecule has 7 atom stereocenters. The van der Waals surface area contributed by atoms with Gasteiger partial charge in [-0.3, -0.25) is 0 Å². The number of ether oxygens (including phenoxy) is 1. The fourth-order valence-electron chi connectivity index (χ4n) is 7.21. The van der Waals surface area contributed by atoms with Crippen LogP contribution in [-0.4, -0.2) is 57.6 Å². The normalized spacial score (nSPS) is 37.1. The van der Waals surface area contributed by atoms with Crippen molar-refractivity contribution < 1.29 is 25.2 Å². The van der Waals surface area contributed by atoms with E-state index in [9.17, 15) is 15.3 Å². The van der Waals surface area contributed by atoms with E-state index in [2.05, 4.69) is 32.6 Å². The SMILES string of the molecule is C=C1/C(=C\C=C2/CCCC3(C)[C@@H]([C@H](C)CCCC(C)(C)O)CC[C@@H]23)C[C@@H](O)[C@@H](OCCCO)[C@@H]1O. The van der Waals surface area contributed by atoms with Crippen LogP contribution in [0.3, 0.4) is 0 Å². The van der Waals surface area contributed by atoms with E-state index in [-0.39, 0.29) is 6.61 Å². The molecule has 200 valence electrons. The van der Waals surface area contributed by atoms with E-state index in [1.54, 1.807) is 0 Å². The maximum Gasteiger partial charge on any atom is 0.114 e. The van der Waals surface area contributed by atoms with Crippen molar-refractivity contribution in [1.29, 1.82) is 0 Å². The summed E-state index contributed by atoms with van der Waals surface area (Å²) in [6, 6.07) is 0. The zero-order chi connectivity index (χ0) is 25.8. The van der Waals surface area contributed by atoms with Gasteiger partial charge in [-0.2, -0.15) is 0 Å². The van der Waals surface area contributed by atoms with Crippen molar-refractivity contribution in [2.45, 2.75) is 116 Å². The van der Waals surface area contributed by atoms with E-state index in [0.29, 0.717) is 42.3 Å². The first-order valence-electron chi connectivity index (χ1n) is 13.9. The minimum Gasteiger partial charge on any atom is -0.396 e. The first-order valence-corrected chi connectivity index (χ1v) is 13.9. The molecule has 3 aliphatic rings. The molecular formula is C30H50O5. The predicted molar refractivity (Wildman–Crippen MR) is 141 cm³/mol. The Labute approximate surface area is 213 Å². The van der Waals surface area contributed by atoms with Gasteiger partial charge >= 0.3 is 0 Å². The number of fused-ring (bicyclic) bond motifs is 1. The number of allylic oxidation sites excluding steroid dienone is 3. The molecule has 0 spiro atoms. The van der Waals surface area contributed by atoms with E-state index in [1.807, 2.05) is 13.8 Å². The Bertz CT molecular complexity index is 778. The molecule has 0 bridgehead atoms. The van der Waals surface area contributed by atoms with Crippen molar-refractivity contribution >= 4 is 0 Å². The molecule has 0 amide bonds. The zero-order valence-corrected chi connectivity index (χ0v) is 22.5. The Morgan fingerprint density at radius 2 is 1.94 bits per heavy atom. The van der Waals surface area contributed by atoms with Gasteiger partial charge in [0.25, 0.3) is 0 Å². The Balaban J connectivity index is 1.67. The van der Waals surface area contributed by atoms with Gasteiger partial charge in [0, 0.05) is 19.6 Å². The lowest BCUT2D eigenvalue weighted by Gasteiger charge is -2.44. The summed E-state index contributed by atoms with van der Waals surface area (Å²) in [7, 11) is 0. The summed E-state index contributed by atoms with van der Waals surface area (Å²) in [4.78, 5) is 0. The maximum absolute atomic E-state index is 10.7. The van der Waals surface area contributed by atoms with Crippen LogP contribution in [0.25, 0.3) is 0 Å². The average molecular weight is 491 g/mol. The van der Waals surface area contributed by atoms with Crippen LogP contribution in [0, 0.1) is 23.2 Å². The smallest absolute Gasteiger partial charge is 0.114 e. The Morgan fingerprint density at radius 1 is 1.20 bits per heavy atom. The second-order valence-corrected chi connectivity index (χ2v) is 12.4. The van der Waals surface area contributed by atoms with Gasteiger partial charge in [0.2, 0.25) is 0 Å². The van der Waals surface area contributed by atoms with Crippen molar-refractivity contribution in [1.82, 2.24) is 0 Å². The highest BCUT2D eigenvalue weighted by molar-refractivity contribution is 5.40. The highest BCUT2D eigenvalue weighted by Crippen LogP contribution is 2.60. The molecule has 0 aliphatic heterocycles. The highest BCUT2D eigenvalue weighted by Gasteiger charge is 2.50. The third-order valence-electron chi connectivity index (χ3n) is 9.17. The maximum atomic E-state index is 10.7. The number of aliphatic hydroxyl groups is 4. The standard InChI is InChI=1S/C30H50O5/c1-20(9-6-15-29(3,4)34)24-13-14-25-22(10-7-16-30(24,25)5)11-12-23-19-26(32)28(27(33)21(23)2)35-18-8-17-31/h11-12,20,24-28,31-34H,2,6-10,13-19H2,1,3-5H3/b22-11+,23-12-/t20-,24-,25+,26-,27-,28-,30?/m1/s1. The van der Waals surface area contributed by atoms with Crippen LogP contribution in [-0.2, 0) is 4.74 Å². The Kier molecular flexibility index (Phi) is 9.84. The Morgan fingerprint density at radius 3 is 2.63 bits per heavy atom. The lowest BCUT2D eigenvalue weighted by Crippen LogP contribution is -2.45. The molecule has 1 unspecified atom stereocenters. The molecule has 3 saturated carbocycles. The number of hydrogen-bond acceptors (Lipinski definition) is 5. The molecule has 3 rings (SSSR count). The van der Waals surface area contributed by atoms with Gasteiger partial charge in [-0.1, -0.05) is 51.0 Å². The molecule has 5 heteroatoms. The van der Waals surface area contributed by atoms with E-state index in [1.165, 1.54) is 37.7 Å². The van der Waals surface area contributed by atoms with Gasteiger partial charge in [-0.25, -0.2) is 0 Å². The topological polar surface area (TPSA) is 90.2 Å². The summed E-state index contributed by atoms with van der Waals surface area (Å²) in [5, 5.41) is 40.4. The van der Waals surface area contributed by atoms with Crippen molar-refractivity contribution in [2.24, 2.45) is 23.2 Å². The molecule has 0 radical (unpaired) electrons. The van der Waals surface area contributed by atoms with Crippen molar-refractivity contribution in [2.75, 3.05) is 13.2 Å². The largest absolute Gasteiger partial charge is 0.396 e. The average Bonchev–Trinajstić information content (AvgIpc) is 3.14. The van der Waals surface area contributed by atoms with Gasteiger partial charge in [0.1, 0.15) is 12.2 Å². The number of rotatable bonds is 10. The molecule has 0 aromatic rings. The van der Waals surface area contributed by atoms with Crippen LogP contribution < -0.4 is 0 Å². The van der Waals surface area contributed by atoms with Crippen LogP contribution >= 0.6 is 0 Å². The monoisotopic (exact) mass is 490 g/mol. The van der Waals surface area contributed by atoms with Crippen LogP contribution in [0.4, 0.5) is 0 Å². The van der Waals surface area contributed by atoms with Gasteiger partial charge in [-0.05, 0) is 93.1 Å². The van der Waals surface area contributed by atoms with Gasteiger partial charge in [0.05, 0.1) is 11.7 Å². The quantitative estimate of drug-likeness (QED) is 0.321. The zero-order valence-electron chi connectivity index (χ0n) is 22.5. The van der Waals surface area contributed by atoms with Crippen LogP contribution in [0.2, 0.25) is 0 Å². The molecule has 35 heavy (non-hydrogen) atoms. The summed E-state index contributed by atoms with van der Waals surface area (Å²) in [5.41, 5.74) is 2.79. The molecule has 0 aromatic heterocycles. The second-order valence-electron chi connectivity index (χ2n) is 12.4. The van der Waals surface area contributed by atoms with Crippen LogP contribution in [0.5, 0.6) is 0 Å². The van der Waals surface area contributed by atoms with Crippen molar-refractivity contribution in [3.8, 4) is 0 Å². The summed E-state index contributed by atoms with van der Waals surface area (Å²) in [6.45, 7) is 13.2. The summed E-state index contributed by atoms with van der Waals surface area (Å²) in [6.07, 6.45) is 12.1. The summed E-state index contributed by atoms with van der Waals surface area (Å²) in [5.74, 6) is 1.98. The van der Waals surface area contributed by atoms with Gasteiger partial charge in [0.15, 0.2) is 0 Å². The van der Waals surface area contributed by atoms with Crippen molar-refractivity contribution in [3.05, 3.63) is 35.5 Å². The lowest BCUT2D eigenvalue weighted by atomic mass is 9.60. The number of hydrogen-bond donors (Lipinski definition) is 4. The summed E-state index contributed by atoms with van der Waals surface area (Å²) >= 11 is 0. The molecule has 3 aliphatic carbocycles. The number of aliphatic hydroxyl groups excluding tert-OH is 3. The van der Waals surface area contributed by atoms with E-state index in [4.69, 9.17) is 9.84 Å². The minimum absolute atomic E-state index is 0.0269. The molecule has 4 N–H and O–H groups in total. The molecule has 0 heterocycles. The first kappa shape index (κ1) is 28.6. The lowest BCUT2D eigenvalue weighted by molar-refractivity contribution is -0.0968. The van der Waals surface area contributed by atoms with E-state index in [0.717, 1.165) is 30.8 Å².